The van der Waals surface area contributed by atoms with E-state index in [-0.39, 0.29) is 24.0 Å². The van der Waals surface area contributed by atoms with Gasteiger partial charge in [0.1, 0.15) is 0 Å². The van der Waals surface area contributed by atoms with E-state index in [1.165, 1.54) is 0 Å². The monoisotopic (exact) mass is 245 g/mol. The van der Waals surface area contributed by atoms with E-state index < -0.39 is 0 Å². The zero-order valence-electron chi connectivity index (χ0n) is 10.3. The lowest BCUT2D eigenvalue weighted by atomic mass is 10.0. The third-order valence-electron chi connectivity index (χ3n) is 3.32. The fourth-order valence-corrected chi connectivity index (χ4v) is 2.33. The number of thiol groups is 1. The predicted molar refractivity (Wildman–Crippen MR) is 68.7 cm³/mol. The number of carbonyl (C=O) groups excluding carboxylic acids is 1. The van der Waals surface area contributed by atoms with Crippen LogP contribution in [0.4, 0.5) is 0 Å². The van der Waals surface area contributed by atoms with Crippen LogP contribution >= 0.6 is 12.6 Å². The molecule has 0 radical (unpaired) electrons. The summed E-state index contributed by atoms with van der Waals surface area (Å²) < 4.78 is 0. The second-order valence-corrected chi connectivity index (χ2v) is 5.41. The van der Waals surface area contributed by atoms with Gasteiger partial charge in [-0.1, -0.05) is 0 Å². The third kappa shape index (κ3) is 3.67. The summed E-state index contributed by atoms with van der Waals surface area (Å²) in [5.74, 6) is 1.03. The van der Waals surface area contributed by atoms with Gasteiger partial charge in [-0.2, -0.15) is 12.6 Å². The average molecular weight is 245 g/mol. The summed E-state index contributed by atoms with van der Waals surface area (Å²) in [7, 11) is 0. The van der Waals surface area contributed by atoms with Crippen molar-refractivity contribution in [3.05, 3.63) is 0 Å². The molecule has 4 heteroatoms. The fraction of sp³-hybridized carbons (Fsp3) is 0.917. The number of carbonyl (C=O) groups is 1. The molecule has 0 aromatic rings. The van der Waals surface area contributed by atoms with E-state index in [0.717, 1.165) is 18.6 Å². The Morgan fingerprint density at radius 3 is 2.50 bits per heavy atom. The number of aliphatic hydroxyl groups is 1. The molecular formula is C12H23NO2S. The first-order valence-electron chi connectivity index (χ1n) is 6.06. The Kier molecular flexibility index (Phi) is 5.12. The number of nitrogens with zero attached hydrogens (tertiary/aromatic N) is 1. The first-order valence-corrected chi connectivity index (χ1v) is 6.69. The first-order chi connectivity index (χ1) is 7.54. The zero-order chi connectivity index (χ0) is 12.2. The van der Waals surface area contributed by atoms with Crippen LogP contribution in [0, 0.1) is 5.41 Å². The van der Waals surface area contributed by atoms with Crippen LogP contribution < -0.4 is 0 Å². The normalized spacial score (nSPS) is 17.6. The molecule has 0 aromatic carbocycles. The molecule has 1 fully saturated rings. The Morgan fingerprint density at radius 1 is 1.50 bits per heavy atom. The molecule has 1 saturated carbocycles. The van der Waals surface area contributed by atoms with Crippen LogP contribution in [0.15, 0.2) is 0 Å². The minimum absolute atomic E-state index is 0.147. The third-order valence-corrected chi connectivity index (χ3v) is 3.99. The Hall–Kier alpha value is -0.220. The molecule has 1 N–H and O–H groups in total. The largest absolute Gasteiger partial charge is 0.396 e. The van der Waals surface area contributed by atoms with Crippen molar-refractivity contribution >= 4 is 18.5 Å². The van der Waals surface area contributed by atoms with Crippen molar-refractivity contribution in [3.8, 4) is 0 Å². The molecule has 1 rings (SSSR count). The second kappa shape index (κ2) is 5.92. The van der Waals surface area contributed by atoms with Crippen LogP contribution in [-0.4, -0.2) is 40.9 Å². The molecule has 0 aromatic heterocycles. The maximum absolute atomic E-state index is 12.1. The molecule has 1 amide bonds. The van der Waals surface area contributed by atoms with E-state index in [1.54, 1.807) is 0 Å². The lowest BCUT2D eigenvalue weighted by Crippen LogP contribution is -2.39. The van der Waals surface area contributed by atoms with Crippen molar-refractivity contribution in [1.82, 2.24) is 4.90 Å². The molecule has 0 spiro atoms. The molecule has 1 aliphatic rings. The minimum atomic E-state index is 0.147. The summed E-state index contributed by atoms with van der Waals surface area (Å²) in [6.45, 7) is 4.86. The summed E-state index contributed by atoms with van der Waals surface area (Å²) >= 11 is 4.32. The molecule has 0 atom stereocenters. The summed E-state index contributed by atoms with van der Waals surface area (Å²) in [5.41, 5.74) is 0.187. The number of hydrogen-bond donors (Lipinski definition) is 2. The summed E-state index contributed by atoms with van der Waals surface area (Å²) in [6.07, 6.45) is 3.56. The van der Waals surface area contributed by atoms with Crippen molar-refractivity contribution in [1.29, 1.82) is 0 Å². The lowest BCUT2D eigenvalue weighted by molar-refractivity contribution is -0.134. The van der Waals surface area contributed by atoms with Gasteiger partial charge in [0.15, 0.2) is 0 Å². The van der Waals surface area contributed by atoms with Gasteiger partial charge in [-0.25, -0.2) is 0 Å². The summed E-state index contributed by atoms with van der Waals surface area (Å²) in [5, 5.41) is 8.82. The molecule has 1 aliphatic carbocycles. The number of aliphatic hydroxyl groups excluding tert-OH is 1. The molecule has 0 unspecified atom stereocenters. The average Bonchev–Trinajstić information content (AvgIpc) is 2.98. The highest BCUT2D eigenvalue weighted by Crippen LogP contribution is 2.49. The van der Waals surface area contributed by atoms with Crippen molar-refractivity contribution in [2.45, 2.75) is 45.6 Å². The molecule has 3 nitrogen and oxygen atoms in total. The van der Waals surface area contributed by atoms with Gasteiger partial charge in [0.2, 0.25) is 5.91 Å². The Morgan fingerprint density at radius 2 is 2.12 bits per heavy atom. The summed E-state index contributed by atoms with van der Waals surface area (Å²) in [4.78, 5) is 14.0. The zero-order valence-corrected chi connectivity index (χ0v) is 11.2. The van der Waals surface area contributed by atoms with Gasteiger partial charge < -0.3 is 10.0 Å². The van der Waals surface area contributed by atoms with Gasteiger partial charge in [-0.15, -0.1) is 0 Å². The highest BCUT2D eigenvalue weighted by atomic mass is 32.1. The van der Waals surface area contributed by atoms with Crippen LogP contribution in [0.1, 0.15) is 39.5 Å². The van der Waals surface area contributed by atoms with Gasteiger partial charge >= 0.3 is 0 Å². The topological polar surface area (TPSA) is 40.5 Å². The van der Waals surface area contributed by atoms with Crippen LogP contribution in [0.3, 0.4) is 0 Å². The molecule has 0 heterocycles. The Labute approximate surface area is 104 Å². The molecule has 16 heavy (non-hydrogen) atoms. The van der Waals surface area contributed by atoms with E-state index in [9.17, 15) is 4.79 Å². The van der Waals surface area contributed by atoms with E-state index in [1.807, 2.05) is 18.7 Å². The van der Waals surface area contributed by atoms with Crippen molar-refractivity contribution < 1.29 is 9.90 Å². The molecular weight excluding hydrogens is 222 g/mol. The smallest absolute Gasteiger partial charge is 0.223 e. The molecule has 0 aliphatic heterocycles. The minimum Gasteiger partial charge on any atom is -0.396 e. The van der Waals surface area contributed by atoms with Crippen LogP contribution in [0.5, 0.6) is 0 Å². The van der Waals surface area contributed by atoms with Crippen LogP contribution in [0.2, 0.25) is 0 Å². The highest BCUT2D eigenvalue weighted by Gasteiger charge is 2.43. The molecule has 94 valence electrons. The van der Waals surface area contributed by atoms with Gasteiger partial charge in [-0.05, 0) is 44.3 Å². The highest BCUT2D eigenvalue weighted by molar-refractivity contribution is 7.80. The van der Waals surface area contributed by atoms with Crippen LogP contribution in [0.25, 0.3) is 0 Å². The van der Waals surface area contributed by atoms with Gasteiger partial charge in [0.05, 0.1) is 0 Å². The maximum Gasteiger partial charge on any atom is 0.223 e. The maximum atomic E-state index is 12.1. The van der Waals surface area contributed by atoms with Crippen molar-refractivity contribution in [2.24, 2.45) is 5.41 Å². The van der Waals surface area contributed by atoms with Crippen molar-refractivity contribution in [2.75, 3.05) is 18.9 Å². The summed E-state index contributed by atoms with van der Waals surface area (Å²) in [6, 6.07) is 0.217. The number of hydrogen-bond acceptors (Lipinski definition) is 3. The SMILES string of the molecule is CC(C)N(CCCO)C(=O)CC1(CS)CC1. The van der Waals surface area contributed by atoms with Gasteiger partial charge in [-0.3, -0.25) is 4.79 Å². The van der Waals surface area contributed by atoms with E-state index >= 15 is 0 Å². The number of amides is 1. The Balaban J connectivity index is 2.47. The quantitative estimate of drug-likeness (QED) is 0.670. The van der Waals surface area contributed by atoms with Gasteiger partial charge in [0.25, 0.3) is 0 Å². The van der Waals surface area contributed by atoms with Gasteiger partial charge in [0, 0.05) is 25.6 Å². The first kappa shape index (κ1) is 13.8. The van der Waals surface area contributed by atoms with Crippen molar-refractivity contribution in [3.63, 3.8) is 0 Å². The second-order valence-electron chi connectivity index (χ2n) is 5.09. The fourth-order valence-electron chi connectivity index (χ4n) is 1.90. The predicted octanol–water partition coefficient (Wildman–Crippen LogP) is 1.71. The molecule has 0 bridgehead atoms. The van der Waals surface area contributed by atoms with E-state index in [4.69, 9.17) is 5.11 Å². The standard InChI is InChI=1S/C12H23NO2S/c1-10(2)13(6-3-7-14)11(15)8-12(9-16)4-5-12/h10,14,16H,3-9H2,1-2H3. The Bertz CT molecular complexity index is 239. The van der Waals surface area contributed by atoms with E-state index in [2.05, 4.69) is 12.6 Å². The number of rotatable bonds is 7. The van der Waals surface area contributed by atoms with E-state index in [0.29, 0.717) is 19.4 Å². The molecule has 0 saturated heterocycles. The lowest BCUT2D eigenvalue weighted by Gasteiger charge is -2.28. The van der Waals surface area contributed by atoms with Crippen LogP contribution in [-0.2, 0) is 4.79 Å².